The van der Waals surface area contributed by atoms with Crippen LogP contribution in [0.1, 0.15) is 42.8 Å². The van der Waals surface area contributed by atoms with Gasteiger partial charge in [-0.2, -0.15) is 0 Å². The minimum atomic E-state index is -0.180. The highest BCUT2D eigenvalue weighted by atomic mass is 16.3. The molecule has 1 aromatic heterocycles. The molecule has 2 rings (SSSR count). The summed E-state index contributed by atoms with van der Waals surface area (Å²) in [5, 5.41) is 5.90. The molecular formula is C19H27N3O2. The van der Waals surface area contributed by atoms with E-state index in [9.17, 15) is 4.79 Å². The van der Waals surface area contributed by atoms with E-state index in [1.807, 2.05) is 38.1 Å². The van der Waals surface area contributed by atoms with Gasteiger partial charge in [0.05, 0.1) is 18.3 Å². The number of aryl methyl sites for hydroxylation is 1. The van der Waals surface area contributed by atoms with Crippen LogP contribution < -0.4 is 10.6 Å². The highest BCUT2D eigenvalue weighted by Crippen LogP contribution is 2.18. The Hall–Kier alpha value is -2.27. The number of likely N-dealkylation sites (N-methyl/N-ethyl adjacent to an activating group) is 1. The molecule has 0 aliphatic heterocycles. The Balaban J connectivity index is 1.87. The summed E-state index contributed by atoms with van der Waals surface area (Å²) in [5.41, 5.74) is 2.39. The van der Waals surface area contributed by atoms with E-state index in [0.29, 0.717) is 6.54 Å². The largest absolute Gasteiger partial charge is 0.468 e. The Labute approximate surface area is 144 Å². The Kier molecular flexibility index (Phi) is 6.44. The molecule has 2 unspecified atom stereocenters. The molecule has 0 spiro atoms. The second kappa shape index (κ2) is 8.55. The van der Waals surface area contributed by atoms with Crippen LogP contribution in [0.25, 0.3) is 0 Å². The summed E-state index contributed by atoms with van der Waals surface area (Å²) in [6.07, 6.45) is 2.66. The first-order valence-electron chi connectivity index (χ1n) is 8.34. The average molecular weight is 329 g/mol. The molecule has 2 atom stereocenters. The number of furan rings is 1. The third-order valence-electron chi connectivity index (χ3n) is 4.19. The zero-order chi connectivity index (χ0) is 17.5. The number of carbonyl (C=O) groups excluding carboxylic acids is 1. The van der Waals surface area contributed by atoms with Crippen molar-refractivity contribution >= 4 is 6.03 Å². The average Bonchev–Trinajstić information content (AvgIpc) is 3.09. The van der Waals surface area contributed by atoms with Crippen LogP contribution in [0.5, 0.6) is 0 Å². The van der Waals surface area contributed by atoms with Crippen LogP contribution in [0.4, 0.5) is 4.79 Å². The van der Waals surface area contributed by atoms with Gasteiger partial charge >= 0.3 is 6.03 Å². The maximum atomic E-state index is 12.2. The Morgan fingerprint density at radius 1 is 1.21 bits per heavy atom. The smallest absolute Gasteiger partial charge is 0.315 e. The van der Waals surface area contributed by atoms with Crippen molar-refractivity contribution in [2.24, 2.45) is 0 Å². The number of benzene rings is 1. The molecule has 130 valence electrons. The minimum Gasteiger partial charge on any atom is -0.468 e. The fourth-order valence-electron chi connectivity index (χ4n) is 2.58. The minimum absolute atomic E-state index is 0.00453. The van der Waals surface area contributed by atoms with Crippen molar-refractivity contribution in [1.82, 2.24) is 15.5 Å². The van der Waals surface area contributed by atoms with Crippen LogP contribution in [0.2, 0.25) is 0 Å². The summed E-state index contributed by atoms with van der Waals surface area (Å²) in [7, 11) is 3.93. The topological polar surface area (TPSA) is 57.5 Å². The number of nitrogens with zero attached hydrogens (tertiary/aromatic N) is 1. The molecule has 0 aliphatic rings. The monoisotopic (exact) mass is 329 g/mol. The van der Waals surface area contributed by atoms with E-state index >= 15 is 0 Å². The zero-order valence-electron chi connectivity index (χ0n) is 14.9. The number of amides is 2. The lowest BCUT2D eigenvalue weighted by Gasteiger charge is -2.23. The highest BCUT2D eigenvalue weighted by molar-refractivity contribution is 5.74. The lowest BCUT2D eigenvalue weighted by atomic mass is 10.1. The summed E-state index contributed by atoms with van der Waals surface area (Å²) in [5.74, 6) is 0.837. The van der Waals surface area contributed by atoms with Crippen molar-refractivity contribution in [3.63, 3.8) is 0 Å². The molecule has 5 heteroatoms. The third-order valence-corrected chi connectivity index (χ3v) is 4.19. The second-order valence-electron chi connectivity index (χ2n) is 6.17. The van der Waals surface area contributed by atoms with Crippen LogP contribution >= 0.6 is 0 Å². The molecule has 0 aliphatic carbocycles. The fourth-order valence-corrected chi connectivity index (χ4v) is 2.58. The summed E-state index contributed by atoms with van der Waals surface area (Å²) in [6.45, 7) is 4.59. The number of hydrogen-bond acceptors (Lipinski definition) is 3. The van der Waals surface area contributed by atoms with E-state index in [-0.39, 0.29) is 18.1 Å². The molecule has 0 saturated heterocycles. The van der Waals surface area contributed by atoms with Crippen LogP contribution in [-0.4, -0.2) is 31.6 Å². The van der Waals surface area contributed by atoms with Crippen LogP contribution in [0, 0.1) is 0 Å². The van der Waals surface area contributed by atoms with Gasteiger partial charge in [0, 0.05) is 6.54 Å². The summed E-state index contributed by atoms with van der Waals surface area (Å²) >= 11 is 0. The van der Waals surface area contributed by atoms with Crippen LogP contribution in [-0.2, 0) is 6.42 Å². The lowest BCUT2D eigenvalue weighted by Crippen LogP contribution is -2.41. The normalized spacial score (nSPS) is 13.5. The quantitative estimate of drug-likeness (QED) is 0.817. The molecule has 2 aromatic rings. The number of carbonyl (C=O) groups is 1. The molecule has 0 fully saturated rings. The number of urea groups is 1. The van der Waals surface area contributed by atoms with Gasteiger partial charge in [0.2, 0.25) is 0 Å². The molecule has 0 bridgehead atoms. The molecule has 2 amide bonds. The third kappa shape index (κ3) is 4.86. The van der Waals surface area contributed by atoms with Crippen molar-refractivity contribution in [1.29, 1.82) is 0 Å². The first-order chi connectivity index (χ1) is 11.5. The summed E-state index contributed by atoms with van der Waals surface area (Å²) in [6, 6.07) is 11.9. The predicted octanol–water partition coefficient (Wildman–Crippen LogP) is 3.51. The van der Waals surface area contributed by atoms with Gasteiger partial charge in [0.1, 0.15) is 5.76 Å². The molecule has 1 heterocycles. The van der Waals surface area contributed by atoms with Gasteiger partial charge in [-0.3, -0.25) is 4.90 Å². The highest BCUT2D eigenvalue weighted by Gasteiger charge is 2.18. The molecule has 24 heavy (non-hydrogen) atoms. The molecule has 0 saturated carbocycles. The van der Waals surface area contributed by atoms with Crippen molar-refractivity contribution in [3.05, 3.63) is 59.5 Å². The van der Waals surface area contributed by atoms with Gasteiger partial charge in [-0.1, -0.05) is 31.2 Å². The first kappa shape index (κ1) is 18.1. The van der Waals surface area contributed by atoms with Crippen LogP contribution in [0.15, 0.2) is 47.1 Å². The van der Waals surface area contributed by atoms with E-state index in [1.54, 1.807) is 6.26 Å². The van der Waals surface area contributed by atoms with E-state index in [1.165, 1.54) is 5.56 Å². The number of hydrogen-bond donors (Lipinski definition) is 2. The Bertz CT molecular complexity index is 621. The van der Waals surface area contributed by atoms with Crippen molar-refractivity contribution in [3.8, 4) is 0 Å². The lowest BCUT2D eigenvalue weighted by molar-refractivity contribution is 0.223. The van der Waals surface area contributed by atoms with Crippen molar-refractivity contribution in [2.45, 2.75) is 32.4 Å². The van der Waals surface area contributed by atoms with Gasteiger partial charge in [-0.25, -0.2) is 4.79 Å². The second-order valence-corrected chi connectivity index (χ2v) is 6.17. The Morgan fingerprint density at radius 3 is 2.46 bits per heavy atom. The maximum absolute atomic E-state index is 12.2. The Morgan fingerprint density at radius 2 is 1.92 bits per heavy atom. The fraction of sp³-hybridized carbons (Fsp3) is 0.421. The van der Waals surface area contributed by atoms with E-state index in [4.69, 9.17) is 4.42 Å². The molecule has 2 N–H and O–H groups in total. The zero-order valence-corrected chi connectivity index (χ0v) is 14.9. The molecule has 5 nitrogen and oxygen atoms in total. The summed E-state index contributed by atoms with van der Waals surface area (Å²) in [4.78, 5) is 14.2. The molecular weight excluding hydrogens is 302 g/mol. The van der Waals surface area contributed by atoms with Gasteiger partial charge < -0.3 is 15.1 Å². The van der Waals surface area contributed by atoms with Crippen LogP contribution in [0.3, 0.4) is 0 Å². The van der Waals surface area contributed by atoms with Gasteiger partial charge in [-0.05, 0) is 50.7 Å². The number of rotatable bonds is 7. The first-order valence-corrected chi connectivity index (χ1v) is 8.34. The molecule has 1 aromatic carbocycles. The van der Waals surface area contributed by atoms with E-state index in [0.717, 1.165) is 17.7 Å². The van der Waals surface area contributed by atoms with Crippen molar-refractivity contribution < 1.29 is 9.21 Å². The maximum Gasteiger partial charge on any atom is 0.315 e. The van der Waals surface area contributed by atoms with E-state index < -0.39 is 0 Å². The van der Waals surface area contributed by atoms with E-state index in [2.05, 4.69) is 41.8 Å². The standard InChI is InChI=1S/C19H27N3O2/c1-5-15-8-10-16(11-9-15)14(2)21-19(23)20-13-17(22(3)4)18-7-6-12-24-18/h6-12,14,17H,5,13H2,1-4H3,(H2,20,21,23). The number of nitrogens with one attached hydrogen (secondary N) is 2. The van der Waals surface area contributed by atoms with Gasteiger partial charge in [0.25, 0.3) is 0 Å². The SMILES string of the molecule is CCc1ccc(C(C)NC(=O)NCC(c2ccco2)N(C)C)cc1. The molecule has 0 radical (unpaired) electrons. The summed E-state index contributed by atoms with van der Waals surface area (Å²) < 4.78 is 5.45. The predicted molar refractivity (Wildman–Crippen MR) is 95.9 cm³/mol. The van der Waals surface area contributed by atoms with Gasteiger partial charge in [0.15, 0.2) is 0 Å². The van der Waals surface area contributed by atoms with Gasteiger partial charge in [-0.15, -0.1) is 0 Å². The van der Waals surface area contributed by atoms with Crippen molar-refractivity contribution in [2.75, 3.05) is 20.6 Å².